The number of nitrogens with zero attached hydrogens (tertiary/aromatic N) is 1. The van der Waals surface area contributed by atoms with Gasteiger partial charge >= 0.3 is 12.0 Å². The second kappa shape index (κ2) is 6.27. The third kappa shape index (κ3) is 3.20. The first kappa shape index (κ1) is 14.2. The van der Waals surface area contributed by atoms with Crippen LogP contribution < -0.4 is 10.1 Å². The van der Waals surface area contributed by atoms with Gasteiger partial charge in [0.1, 0.15) is 11.8 Å². The summed E-state index contributed by atoms with van der Waals surface area (Å²) in [4.78, 5) is 24.4. The van der Waals surface area contributed by atoms with E-state index in [2.05, 4.69) is 5.32 Å². The molecule has 2 rings (SSSR count). The number of nitrogens with one attached hydrogen (secondary N) is 1. The summed E-state index contributed by atoms with van der Waals surface area (Å²) in [5.74, 6) is -0.187. The number of amides is 2. The molecule has 0 saturated carbocycles. The van der Waals surface area contributed by atoms with E-state index in [1.807, 2.05) is 24.3 Å². The zero-order valence-electron chi connectivity index (χ0n) is 11.3. The molecule has 0 unspecified atom stereocenters. The lowest BCUT2D eigenvalue weighted by molar-refractivity contribution is -0.141. The van der Waals surface area contributed by atoms with Gasteiger partial charge in [-0.05, 0) is 30.5 Å². The van der Waals surface area contributed by atoms with Crippen LogP contribution in [0, 0.1) is 0 Å². The molecule has 1 aliphatic rings. The number of rotatable bonds is 4. The van der Waals surface area contributed by atoms with Gasteiger partial charge in [-0.3, -0.25) is 0 Å². The standard InChI is InChI=1S/C14H18N2O4/c1-20-11-6-4-10(5-7-11)9-15-14(19)16-8-2-3-12(16)13(17)18/h4-7,12H,2-3,8-9H2,1H3,(H,15,19)(H,17,18)/t12-/m1/s1. The Balaban J connectivity index is 1.89. The average molecular weight is 278 g/mol. The van der Waals surface area contributed by atoms with Crippen LogP contribution >= 0.6 is 0 Å². The fourth-order valence-corrected chi connectivity index (χ4v) is 2.29. The predicted octanol–water partition coefficient (Wildman–Crippen LogP) is 1.45. The van der Waals surface area contributed by atoms with E-state index in [1.165, 1.54) is 4.90 Å². The Hall–Kier alpha value is -2.24. The minimum absolute atomic E-state index is 0.328. The van der Waals surface area contributed by atoms with Crippen molar-refractivity contribution >= 4 is 12.0 Å². The molecule has 1 aliphatic heterocycles. The molecule has 0 bridgehead atoms. The van der Waals surface area contributed by atoms with Gasteiger partial charge < -0.3 is 20.1 Å². The third-order valence-corrected chi connectivity index (χ3v) is 3.40. The summed E-state index contributed by atoms with van der Waals surface area (Å²) in [7, 11) is 1.59. The maximum atomic E-state index is 12.0. The summed E-state index contributed by atoms with van der Waals surface area (Å²) in [6.45, 7) is 0.858. The second-order valence-electron chi connectivity index (χ2n) is 4.70. The molecule has 108 valence electrons. The molecule has 1 saturated heterocycles. The Kier molecular flexibility index (Phi) is 4.45. The van der Waals surface area contributed by atoms with Gasteiger partial charge in [0.05, 0.1) is 7.11 Å². The first-order chi connectivity index (χ1) is 9.61. The number of likely N-dealkylation sites (tertiary alicyclic amines) is 1. The van der Waals surface area contributed by atoms with Crippen LogP contribution in [0.5, 0.6) is 5.75 Å². The second-order valence-corrected chi connectivity index (χ2v) is 4.70. The minimum Gasteiger partial charge on any atom is -0.497 e. The van der Waals surface area contributed by atoms with Crippen molar-refractivity contribution in [3.05, 3.63) is 29.8 Å². The summed E-state index contributed by atoms with van der Waals surface area (Å²) >= 11 is 0. The van der Waals surface area contributed by atoms with E-state index in [1.54, 1.807) is 7.11 Å². The molecular weight excluding hydrogens is 260 g/mol. The SMILES string of the molecule is COc1ccc(CNC(=O)N2CCC[C@@H]2C(=O)O)cc1. The number of carbonyl (C=O) groups excluding carboxylic acids is 1. The van der Waals surface area contributed by atoms with Crippen LogP contribution in [0.1, 0.15) is 18.4 Å². The highest BCUT2D eigenvalue weighted by Crippen LogP contribution is 2.17. The number of aliphatic carboxylic acids is 1. The molecule has 0 aliphatic carbocycles. The van der Waals surface area contributed by atoms with Crippen LogP contribution in [0.3, 0.4) is 0 Å². The number of carbonyl (C=O) groups is 2. The first-order valence-corrected chi connectivity index (χ1v) is 6.52. The number of benzene rings is 1. The fraction of sp³-hybridized carbons (Fsp3) is 0.429. The highest BCUT2D eigenvalue weighted by Gasteiger charge is 2.33. The average Bonchev–Trinajstić information content (AvgIpc) is 2.95. The van der Waals surface area contributed by atoms with Crippen LogP contribution in [0.15, 0.2) is 24.3 Å². The zero-order valence-corrected chi connectivity index (χ0v) is 11.3. The van der Waals surface area contributed by atoms with Gasteiger partial charge in [0.25, 0.3) is 0 Å². The molecule has 1 atom stereocenters. The number of carboxylic acids is 1. The van der Waals surface area contributed by atoms with E-state index in [0.717, 1.165) is 17.7 Å². The van der Waals surface area contributed by atoms with E-state index >= 15 is 0 Å². The van der Waals surface area contributed by atoms with Crippen molar-refractivity contribution in [2.45, 2.75) is 25.4 Å². The lowest BCUT2D eigenvalue weighted by atomic mass is 10.2. The van der Waals surface area contributed by atoms with Gasteiger partial charge in [0.15, 0.2) is 0 Å². The largest absolute Gasteiger partial charge is 0.497 e. The van der Waals surface area contributed by atoms with E-state index in [4.69, 9.17) is 9.84 Å². The molecular formula is C14H18N2O4. The van der Waals surface area contributed by atoms with Gasteiger partial charge in [-0.25, -0.2) is 9.59 Å². The highest BCUT2D eigenvalue weighted by atomic mass is 16.5. The molecule has 6 nitrogen and oxygen atoms in total. The van der Waals surface area contributed by atoms with Crippen molar-refractivity contribution in [3.63, 3.8) is 0 Å². The van der Waals surface area contributed by atoms with Gasteiger partial charge in [0, 0.05) is 13.1 Å². The van der Waals surface area contributed by atoms with Crippen molar-refractivity contribution < 1.29 is 19.4 Å². The minimum atomic E-state index is -0.943. The third-order valence-electron chi connectivity index (χ3n) is 3.40. The molecule has 0 spiro atoms. The van der Waals surface area contributed by atoms with Gasteiger partial charge in [-0.15, -0.1) is 0 Å². The van der Waals surface area contributed by atoms with Crippen LogP contribution in [-0.2, 0) is 11.3 Å². The van der Waals surface area contributed by atoms with E-state index in [9.17, 15) is 9.59 Å². The van der Waals surface area contributed by atoms with Crippen molar-refractivity contribution in [2.75, 3.05) is 13.7 Å². The smallest absolute Gasteiger partial charge is 0.326 e. The van der Waals surface area contributed by atoms with Gasteiger partial charge in [0.2, 0.25) is 0 Å². The molecule has 1 heterocycles. The number of ether oxygens (including phenoxy) is 1. The highest BCUT2D eigenvalue weighted by molar-refractivity contribution is 5.83. The number of hydrogen-bond acceptors (Lipinski definition) is 3. The Morgan fingerprint density at radius 1 is 1.40 bits per heavy atom. The summed E-state index contributed by atoms with van der Waals surface area (Å²) in [5, 5.41) is 11.8. The Morgan fingerprint density at radius 2 is 2.10 bits per heavy atom. The topological polar surface area (TPSA) is 78.9 Å². The van der Waals surface area contributed by atoms with Crippen molar-refractivity contribution in [1.29, 1.82) is 0 Å². The van der Waals surface area contributed by atoms with Crippen LogP contribution in [0.2, 0.25) is 0 Å². The van der Waals surface area contributed by atoms with E-state index in [-0.39, 0.29) is 6.03 Å². The Morgan fingerprint density at radius 3 is 2.70 bits per heavy atom. The van der Waals surface area contributed by atoms with Crippen LogP contribution in [0.4, 0.5) is 4.79 Å². The monoisotopic (exact) mass is 278 g/mol. The lowest BCUT2D eigenvalue weighted by Gasteiger charge is -2.21. The molecule has 6 heteroatoms. The quantitative estimate of drug-likeness (QED) is 0.873. The Labute approximate surface area is 117 Å². The number of urea groups is 1. The molecule has 0 radical (unpaired) electrons. The zero-order chi connectivity index (χ0) is 14.5. The Bertz CT molecular complexity index is 486. The van der Waals surface area contributed by atoms with Crippen LogP contribution in [0.25, 0.3) is 0 Å². The summed E-state index contributed by atoms with van der Waals surface area (Å²) < 4.78 is 5.06. The van der Waals surface area contributed by atoms with Crippen molar-refractivity contribution in [1.82, 2.24) is 10.2 Å². The number of carboxylic acid groups (broad SMARTS) is 1. The van der Waals surface area contributed by atoms with Gasteiger partial charge in [-0.1, -0.05) is 12.1 Å². The molecule has 2 N–H and O–H groups in total. The molecule has 1 aromatic carbocycles. The van der Waals surface area contributed by atoms with Crippen LogP contribution in [-0.4, -0.2) is 41.7 Å². The molecule has 1 fully saturated rings. The summed E-state index contributed by atoms with van der Waals surface area (Å²) in [6.07, 6.45) is 1.25. The predicted molar refractivity (Wildman–Crippen MR) is 72.6 cm³/mol. The van der Waals surface area contributed by atoms with E-state index < -0.39 is 12.0 Å². The van der Waals surface area contributed by atoms with E-state index in [0.29, 0.717) is 19.5 Å². The number of methoxy groups -OCH3 is 1. The maximum Gasteiger partial charge on any atom is 0.326 e. The summed E-state index contributed by atoms with van der Waals surface area (Å²) in [6, 6.07) is 6.32. The molecule has 0 aromatic heterocycles. The lowest BCUT2D eigenvalue weighted by Crippen LogP contribution is -2.45. The normalized spacial score (nSPS) is 17.9. The maximum absolute atomic E-state index is 12.0. The number of hydrogen-bond donors (Lipinski definition) is 2. The van der Waals surface area contributed by atoms with Crippen molar-refractivity contribution in [2.24, 2.45) is 0 Å². The van der Waals surface area contributed by atoms with Gasteiger partial charge in [-0.2, -0.15) is 0 Å². The molecule has 2 amide bonds. The fourth-order valence-electron chi connectivity index (χ4n) is 2.29. The molecule has 20 heavy (non-hydrogen) atoms. The summed E-state index contributed by atoms with van der Waals surface area (Å²) in [5.41, 5.74) is 0.935. The first-order valence-electron chi connectivity index (χ1n) is 6.52. The van der Waals surface area contributed by atoms with Crippen molar-refractivity contribution in [3.8, 4) is 5.75 Å². The molecule has 1 aromatic rings.